The van der Waals surface area contributed by atoms with Gasteiger partial charge in [0.1, 0.15) is 11.6 Å². The minimum Gasteiger partial charge on any atom is -0.490 e. The highest BCUT2D eigenvalue weighted by Crippen LogP contribution is 2.61. The van der Waals surface area contributed by atoms with E-state index in [1.165, 1.54) is 12.1 Å². The third-order valence-electron chi connectivity index (χ3n) is 6.47. The minimum absolute atomic E-state index is 0.0133. The number of nitrogens with zero attached hydrogens (tertiary/aromatic N) is 3. The van der Waals surface area contributed by atoms with Crippen molar-refractivity contribution in [3.05, 3.63) is 54.1 Å². The van der Waals surface area contributed by atoms with Gasteiger partial charge in [0.15, 0.2) is 5.82 Å². The number of nitrogens with one attached hydrogen (secondary N) is 1. The first-order valence-corrected chi connectivity index (χ1v) is 10.3. The zero-order valence-corrected chi connectivity index (χ0v) is 16.9. The van der Waals surface area contributed by atoms with E-state index in [1.807, 2.05) is 19.9 Å². The lowest BCUT2D eigenvalue weighted by Crippen LogP contribution is -2.26. The molecule has 2 saturated carbocycles. The van der Waals surface area contributed by atoms with Crippen molar-refractivity contribution in [3.8, 4) is 5.75 Å². The number of carbonyl (C=O) groups excluding carboxylic acids is 1. The number of hydrogen-bond donors (Lipinski definition) is 1. The van der Waals surface area contributed by atoms with Gasteiger partial charge < -0.3 is 10.1 Å². The number of benzene rings is 1. The summed E-state index contributed by atoms with van der Waals surface area (Å²) in [5.41, 5.74) is 1.54. The number of rotatable bonds is 5. The highest BCUT2D eigenvalue weighted by Gasteiger charge is 2.59. The van der Waals surface area contributed by atoms with Crippen molar-refractivity contribution in [1.82, 2.24) is 15.2 Å². The van der Waals surface area contributed by atoms with Crippen molar-refractivity contribution >= 4 is 22.6 Å². The van der Waals surface area contributed by atoms with E-state index in [9.17, 15) is 9.18 Å². The maximum absolute atomic E-state index is 13.7. The number of carbonyl (C=O) groups is 1. The van der Waals surface area contributed by atoms with Crippen LogP contribution in [0.3, 0.4) is 0 Å². The van der Waals surface area contributed by atoms with Gasteiger partial charge in [-0.1, -0.05) is 6.92 Å². The van der Waals surface area contributed by atoms with Crippen LogP contribution >= 0.6 is 0 Å². The van der Waals surface area contributed by atoms with E-state index < -0.39 is 0 Å². The Hall–Kier alpha value is -3.09. The molecule has 1 aromatic carbocycles. The highest BCUT2D eigenvalue weighted by molar-refractivity contribution is 5.91. The van der Waals surface area contributed by atoms with Gasteiger partial charge in [-0.05, 0) is 73.9 Å². The Kier molecular flexibility index (Phi) is 4.60. The second-order valence-corrected chi connectivity index (χ2v) is 8.42. The van der Waals surface area contributed by atoms with Crippen molar-refractivity contribution in [2.24, 2.45) is 23.7 Å². The van der Waals surface area contributed by atoms with Gasteiger partial charge in [0.05, 0.1) is 17.3 Å². The molecule has 0 aliphatic heterocycles. The Balaban J connectivity index is 1.20. The first-order valence-electron chi connectivity index (χ1n) is 10.3. The molecule has 7 heteroatoms. The quantitative estimate of drug-likeness (QED) is 0.689. The molecule has 30 heavy (non-hydrogen) atoms. The van der Waals surface area contributed by atoms with Crippen LogP contribution in [-0.4, -0.2) is 27.2 Å². The van der Waals surface area contributed by atoms with Crippen molar-refractivity contribution in [3.63, 3.8) is 0 Å². The number of halogens is 1. The fourth-order valence-electron chi connectivity index (χ4n) is 4.94. The van der Waals surface area contributed by atoms with Crippen LogP contribution in [0.1, 0.15) is 25.5 Å². The number of fused-ring (bicyclic) bond motifs is 2. The zero-order valence-electron chi connectivity index (χ0n) is 16.9. The molecular weight excluding hydrogens is 383 g/mol. The zero-order chi connectivity index (χ0) is 20.8. The molecule has 5 rings (SSSR count). The lowest BCUT2D eigenvalue weighted by Gasteiger charge is -2.20. The number of ether oxygens (including phenoxy) is 1. The van der Waals surface area contributed by atoms with Gasteiger partial charge in [0.25, 0.3) is 0 Å². The second-order valence-electron chi connectivity index (χ2n) is 8.42. The van der Waals surface area contributed by atoms with E-state index in [0.29, 0.717) is 34.7 Å². The summed E-state index contributed by atoms with van der Waals surface area (Å²) in [6.07, 6.45) is 3.60. The summed E-state index contributed by atoms with van der Waals surface area (Å²) in [5, 5.41) is 11.6. The Morgan fingerprint density at radius 3 is 2.70 bits per heavy atom. The van der Waals surface area contributed by atoms with Crippen LogP contribution in [0.5, 0.6) is 5.75 Å². The predicted octanol–water partition coefficient (Wildman–Crippen LogP) is 4.15. The van der Waals surface area contributed by atoms with E-state index in [0.717, 1.165) is 24.1 Å². The molecule has 2 aliphatic carbocycles. The molecule has 0 spiro atoms. The summed E-state index contributed by atoms with van der Waals surface area (Å²) in [5.74, 6) is 2.12. The Morgan fingerprint density at radius 2 is 1.97 bits per heavy atom. The smallest absolute Gasteiger partial charge is 0.228 e. The van der Waals surface area contributed by atoms with E-state index in [-0.39, 0.29) is 23.7 Å². The van der Waals surface area contributed by atoms with Gasteiger partial charge in [0, 0.05) is 17.5 Å². The molecule has 2 heterocycles. The van der Waals surface area contributed by atoms with Crippen molar-refractivity contribution in [2.45, 2.75) is 32.8 Å². The van der Waals surface area contributed by atoms with Gasteiger partial charge in [-0.3, -0.25) is 9.78 Å². The fourth-order valence-corrected chi connectivity index (χ4v) is 4.94. The monoisotopic (exact) mass is 406 g/mol. The average molecular weight is 406 g/mol. The third-order valence-corrected chi connectivity index (χ3v) is 6.47. The van der Waals surface area contributed by atoms with Crippen LogP contribution in [-0.2, 0) is 4.79 Å². The molecule has 0 bridgehead atoms. The Bertz CT molecular complexity index is 1090. The Labute approximate surface area is 173 Å². The van der Waals surface area contributed by atoms with E-state index >= 15 is 0 Å². The molecule has 3 aromatic rings. The Morgan fingerprint density at radius 1 is 1.17 bits per heavy atom. The fraction of sp³-hybridized carbons (Fsp3) is 0.391. The normalized spacial score (nSPS) is 25.6. The average Bonchev–Trinajstić information content (AvgIpc) is 3.24. The van der Waals surface area contributed by atoms with Gasteiger partial charge in [-0.15, -0.1) is 5.10 Å². The molecule has 0 radical (unpaired) electrons. The molecular formula is C23H23FN4O2. The molecule has 2 aromatic heterocycles. The molecule has 154 valence electrons. The molecule has 0 saturated heterocycles. The van der Waals surface area contributed by atoms with Crippen LogP contribution in [0.2, 0.25) is 0 Å². The lowest BCUT2D eigenvalue weighted by molar-refractivity contribution is -0.120. The molecule has 2 fully saturated rings. The second kappa shape index (κ2) is 7.31. The maximum Gasteiger partial charge on any atom is 0.228 e. The van der Waals surface area contributed by atoms with Crippen molar-refractivity contribution in [1.29, 1.82) is 0 Å². The van der Waals surface area contributed by atoms with E-state index in [2.05, 4.69) is 20.5 Å². The van der Waals surface area contributed by atoms with Crippen LogP contribution in [0, 0.1) is 36.4 Å². The van der Waals surface area contributed by atoms with Gasteiger partial charge in [0.2, 0.25) is 5.91 Å². The van der Waals surface area contributed by atoms with Gasteiger partial charge in [-0.25, -0.2) is 4.39 Å². The first-order chi connectivity index (χ1) is 14.5. The van der Waals surface area contributed by atoms with E-state index in [1.54, 1.807) is 24.4 Å². The largest absolute Gasteiger partial charge is 0.490 e. The number of aromatic nitrogens is 3. The standard InChI is InChI=1S/C23H23FN4O2/c1-12-3-6-21(28-27-12)26-23(29)13(2)22-16-10-15(11-17(16)22)30-20-7-8-25-19-5-4-14(24)9-18(19)20/h3-9,13,15-17,22H,10-11H2,1-2H3,(H,26,28,29)/t13?,15?,16-,17+,22?. The molecule has 3 unspecified atom stereocenters. The van der Waals surface area contributed by atoms with Crippen LogP contribution in [0.25, 0.3) is 10.9 Å². The van der Waals surface area contributed by atoms with Crippen molar-refractivity contribution in [2.75, 3.05) is 5.32 Å². The van der Waals surface area contributed by atoms with Gasteiger partial charge >= 0.3 is 0 Å². The summed E-state index contributed by atoms with van der Waals surface area (Å²) < 4.78 is 19.9. The molecule has 1 N–H and O–H groups in total. The SMILES string of the molecule is Cc1ccc(NC(=O)C(C)C2[C@H]3CC(Oc4ccnc5ccc(F)cc45)C[C@@H]23)nn1. The third kappa shape index (κ3) is 3.49. The van der Waals surface area contributed by atoms with Crippen LogP contribution in [0.15, 0.2) is 42.6 Å². The topological polar surface area (TPSA) is 77.0 Å². The molecule has 5 atom stereocenters. The van der Waals surface area contributed by atoms with Crippen LogP contribution < -0.4 is 10.1 Å². The number of hydrogen-bond acceptors (Lipinski definition) is 5. The lowest BCUT2D eigenvalue weighted by atomic mass is 9.97. The van der Waals surface area contributed by atoms with Gasteiger partial charge in [-0.2, -0.15) is 5.10 Å². The number of aryl methyl sites for hydroxylation is 1. The van der Waals surface area contributed by atoms with E-state index in [4.69, 9.17) is 4.74 Å². The summed E-state index contributed by atoms with van der Waals surface area (Å²) >= 11 is 0. The predicted molar refractivity (Wildman–Crippen MR) is 110 cm³/mol. The maximum atomic E-state index is 13.7. The molecule has 1 amide bonds. The molecule has 2 aliphatic rings. The highest BCUT2D eigenvalue weighted by atomic mass is 19.1. The van der Waals surface area contributed by atoms with Crippen molar-refractivity contribution < 1.29 is 13.9 Å². The summed E-state index contributed by atoms with van der Waals surface area (Å²) in [6.45, 7) is 3.84. The summed E-state index contributed by atoms with van der Waals surface area (Å²) in [6, 6.07) is 9.93. The minimum atomic E-state index is -0.298. The number of pyridine rings is 1. The molecule has 6 nitrogen and oxygen atoms in total. The first kappa shape index (κ1) is 18.9. The summed E-state index contributed by atoms with van der Waals surface area (Å²) in [4.78, 5) is 16.9. The van der Waals surface area contributed by atoms with Crippen LogP contribution in [0.4, 0.5) is 10.2 Å². The number of anilines is 1. The summed E-state index contributed by atoms with van der Waals surface area (Å²) in [7, 11) is 0. The number of amides is 1.